The Morgan fingerprint density at radius 2 is 1.88 bits per heavy atom. The van der Waals surface area contributed by atoms with Crippen LogP contribution in [-0.4, -0.2) is 41.9 Å². The molecule has 4 aromatic rings. The molecule has 0 fully saturated rings. The van der Waals surface area contributed by atoms with Crippen molar-refractivity contribution in [1.82, 2.24) is 4.57 Å². The third-order valence-corrected chi connectivity index (χ3v) is 7.63. The molecule has 5 rings (SSSR count). The van der Waals surface area contributed by atoms with Crippen LogP contribution < -0.4 is 24.4 Å². The summed E-state index contributed by atoms with van der Waals surface area (Å²) in [6.07, 6.45) is 1.58. The highest BCUT2D eigenvalue weighted by Crippen LogP contribution is 2.36. The van der Waals surface area contributed by atoms with Crippen LogP contribution in [0.25, 0.3) is 17.4 Å². The van der Waals surface area contributed by atoms with E-state index in [2.05, 4.69) is 4.99 Å². The largest absolute Gasteiger partial charge is 0.493 e. The third-order valence-electron chi connectivity index (χ3n) is 6.64. The summed E-state index contributed by atoms with van der Waals surface area (Å²) in [5, 5.41) is 9.56. The van der Waals surface area contributed by atoms with E-state index in [9.17, 15) is 19.5 Å². The zero-order valence-electron chi connectivity index (χ0n) is 23.4. The Hall–Kier alpha value is -4.90. The summed E-state index contributed by atoms with van der Waals surface area (Å²) in [4.78, 5) is 43.8. The number of methoxy groups -OCH3 is 1. The fraction of sp³-hybridized carbons (Fsp3) is 0.226. The van der Waals surface area contributed by atoms with E-state index in [1.165, 1.54) is 17.7 Å². The van der Waals surface area contributed by atoms with Crippen LogP contribution in [0.15, 0.2) is 80.1 Å². The maximum Gasteiger partial charge on any atom is 0.338 e. The van der Waals surface area contributed by atoms with Crippen molar-refractivity contribution < 1.29 is 33.3 Å². The van der Waals surface area contributed by atoms with Crippen LogP contribution in [0, 0.1) is 0 Å². The maximum absolute atomic E-state index is 13.9. The van der Waals surface area contributed by atoms with Gasteiger partial charge in [0.05, 0.1) is 47.7 Å². The van der Waals surface area contributed by atoms with E-state index in [1.807, 2.05) is 6.92 Å². The molecule has 216 valence electrons. The second-order valence-electron chi connectivity index (χ2n) is 9.20. The summed E-state index contributed by atoms with van der Waals surface area (Å²) in [6.45, 7) is 5.83. The Morgan fingerprint density at radius 1 is 1.10 bits per heavy atom. The molecule has 10 nitrogen and oxygen atoms in total. The van der Waals surface area contributed by atoms with Crippen molar-refractivity contribution in [3.8, 4) is 22.8 Å². The van der Waals surface area contributed by atoms with E-state index < -0.39 is 18.0 Å². The molecule has 1 N–H and O–H groups in total. The number of hydrogen-bond acceptors (Lipinski definition) is 9. The molecule has 0 saturated carbocycles. The van der Waals surface area contributed by atoms with Crippen molar-refractivity contribution in [3.63, 3.8) is 0 Å². The average Bonchev–Trinajstić information content (AvgIpc) is 3.56. The minimum atomic E-state index is -1.07. The number of carbonyl (C=O) groups is 2. The second kappa shape index (κ2) is 11.9. The number of aromatic carboxylic acids is 1. The first-order valence-electron chi connectivity index (χ1n) is 13.2. The number of esters is 1. The van der Waals surface area contributed by atoms with Gasteiger partial charge in [-0.15, -0.1) is 0 Å². The van der Waals surface area contributed by atoms with E-state index in [1.54, 1.807) is 68.5 Å². The lowest BCUT2D eigenvalue weighted by atomic mass is 9.95. The molecule has 0 spiro atoms. The van der Waals surface area contributed by atoms with Gasteiger partial charge in [-0.1, -0.05) is 35.6 Å². The van der Waals surface area contributed by atoms with E-state index in [-0.39, 0.29) is 23.3 Å². The normalized spacial score (nSPS) is 14.8. The number of carboxylic acids is 1. The number of furan rings is 1. The Bertz CT molecular complexity index is 1900. The molecule has 3 heterocycles. The molecule has 2 aromatic carbocycles. The predicted octanol–water partition coefficient (Wildman–Crippen LogP) is 4.16. The highest BCUT2D eigenvalue weighted by atomic mass is 32.1. The number of carboxylic acid groups (broad SMARTS) is 1. The summed E-state index contributed by atoms with van der Waals surface area (Å²) < 4.78 is 24.3. The van der Waals surface area contributed by atoms with E-state index in [0.717, 1.165) is 11.3 Å². The molecule has 0 bridgehead atoms. The number of carbonyl (C=O) groups excluding carboxylic acids is 1. The number of thiazole rings is 1. The Morgan fingerprint density at radius 3 is 2.60 bits per heavy atom. The SMILES string of the molecule is CCOC(=O)C1=C(C)N=c2s/c(=C\c3ccc(-c4ccccc4C(=O)O)o3)c(=O)n2C1c1ccc(OC)c(OCC)c1. The average molecular weight is 589 g/mol. The van der Waals surface area contributed by atoms with Crippen LogP contribution >= 0.6 is 11.3 Å². The van der Waals surface area contributed by atoms with Gasteiger partial charge in [0.1, 0.15) is 11.5 Å². The van der Waals surface area contributed by atoms with Crippen LogP contribution in [0.4, 0.5) is 0 Å². The van der Waals surface area contributed by atoms with Gasteiger partial charge in [0.25, 0.3) is 5.56 Å². The summed E-state index contributed by atoms with van der Waals surface area (Å²) in [7, 11) is 1.54. The molecule has 1 aliphatic rings. The van der Waals surface area contributed by atoms with Gasteiger partial charge in [0.2, 0.25) is 0 Å². The molecule has 11 heteroatoms. The minimum absolute atomic E-state index is 0.102. The second-order valence-corrected chi connectivity index (χ2v) is 10.2. The minimum Gasteiger partial charge on any atom is -0.493 e. The lowest BCUT2D eigenvalue weighted by Crippen LogP contribution is -2.39. The number of aromatic nitrogens is 1. The fourth-order valence-corrected chi connectivity index (χ4v) is 5.85. The van der Waals surface area contributed by atoms with Crippen LogP contribution in [0.2, 0.25) is 0 Å². The highest BCUT2D eigenvalue weighted by molar-refractivity contribution is 7.07. The quantitative estimate of drug-likeness (QED) is 0.289. The van der Waals surface area contributed by atoms with Gasteiger partial charge in [-0.05, 0) is 56.7 Å². The molecular weight excluding hydrogens is 560 g/mol. The summed E-state index contributed by atoms with van der Waals surface area (Å²) in [5.41, 5.74) is 1.45. The summed E-state index contributed by atoms with van der Waals surface area (Å²) >= 11 is 1.15. The van der Waals surface area contributed by atoms with Gasteiger partial charge in [0, 0.05) is 11.6 Å². The number of fused-ring (bicyclic) bond motifs is 1. The maximum atomic E-state index is 13.9. The zero-order valence-corrected chi connectivity index (χ0v) is 24.2. The summed E-state index contributed by atoms with van der Waals surface area (Å²) in [5.74, 6) is 0.0606. The number of nitrogens with zero attached hydrogens (tertiary/aromatic N) is 2. The fourth-order valence-electron chi connectivity index (χ4n) is 4.83. The van der Waals surface area contributed by atoms with Gasteiger partial charge < -0.3 is 23.7 Å². The van der Waals surface area contributed by atoms with E-state index in [4.69, 9.17) is 18.6 Å². The van der Waals surface area contributed by atoms with E-state index in [0.29, 0.717) is 55.8 Å². The Kier molecular flexibility index (Phi) is 8.12. The van der Waals surface area contributed by atoms with Crippen molar-refractivity contribution >= 4 is 29.4 Å². The molecule has 42 heavy (non-hydrogen) atoms. The first-order valence-corrected chi connectivity index (χ1v) is 14.0. The Balaban J connectivity index is 1.66. The lowest BCUT2D eigenvalue weighted by Gasteiger charge is -2.25. The van der Waals surface area contributed by atoms with Gasteiger partial charge in [0.15, 0.2) is 16.3 Å². The van der Waals surface area contributed by atoms with Gasteiger partial charge in [-0.3, -0.25) is 9.36 Å². The van der Waals surface area contributed by atoms with Crippen molar-refractivity contribution in [3.05, 3.63) is 102 Å². The molecular formula is C31H28N2O8S. The molecule has 1 atom stereocenters. The van der Waals surface area contributed by atoms with E-state index >= 15 is 0 Å². The smallest absolute Gasteiger partial charge is 0.338 e. The molecule has 0 radical (unpaired) electrons. The van der Waals surface area contributed by atoms with Crippen LogP contribution in [0.5, 0.6) is 11.5 Å². The number of rotatable bonds is 9. The molecule has 0 aliphatic carbocycles. The topological polar surface area (TPSA) is 130 Å². The van der Waals surface area contributed by atoms with Gasteiger partial charge in [-0.25, -0.2) is 14.6 Å². The lowest BCUT2D eigenvalue weighted by molar-refractivity contribution is -0.139. The van der Waals surface area contributed by atoms with Crippen molar-refractivity contribution in [1.29, 1.82) is 0 Å². The highest BCUT2D eigenvalue weighted by Gasteiger charge is 2.34. The van der Waals surface area contributed by atoms with Crippen molar-refractivity contribution in [2.24, 2.45) is 4.99 Å². The van der Waals surface area contributed by atoms with Crippen LogP contribution in [0.3, 0.4) is 0 Å². The molecule has 1 unspecified atom stereocenters. The van der Waals surface area contributed by atoms with Gasteiger partial charge >= 0.3 is 11.9 Å². The van der Waals surface area contributed by atoms with Crippen LogP contribution in [0.1, 0.15) is 48.5 Å². The summed E-state index contributed by atoms with van der Waals surface area (Å²) in [6, 6.07) is 14.3. The van der Waals surface area contributed by atoms with Crippen LogP contribution in [-0.2, 0) is 9.53 Å². The number of benzene rings is 2. The first-order chi connectivity index (χ1) is 20.3. The molecule has 0 saturated heterocycles. The first kappa shape index (κ1) is 28.6. The monoisotopic (exact) mass is 588 g/mol. The van der Waals surface area contributed by atoms with Crippen molar-refractivity contribution in [2.45, 2.75) is 26.8 Å². The molecule has 2 aromatic heterocycles. The van der Waals surface area contributed by atoms with Gasteiger partial charge in [-0.2, -0.15) is 0 Å². The predicted molar refractivity (Wildman–Crippen MR) is 156 cm³/mol. The Labute approximate surface area is 244 Å². The number of ether oxygens (including phenoxy) is 3. The number of allylic oxidation sites excluding steroid dienone is 1. The standard InChI is InChI=1S/C31H28N2O8S/c1-5-39-24-15-18(11-13-23(24)38-4)27-26(30(37)40-6-2)17(3)32-31-33(27)28(34)25(42-31)16-19-12-14-22(41-19)20-9-7-8-10-21(20)29(35)36/h7-16,27H,5-6H2,1-4H3,(H,35,36)/b25-16-. The van der Waals surface area contributed by atoms with Crippen molar-refractivity contribution in [2.75, 3.05) is 20.3 Å². The zero-order chi connectivity index (χ0) is 30.0. The molecule has 0 amide bonds. The molecule has 1 aliphatic heterocycles. The number of hydrogen-bond donors (Lipinski definition) is 1. The third kappa shape index (κ3) is 5.26.